The Morgan fingerprint density at radius 1 is 0.800 bits per heavy atom. The molecule has 0 saturated heterocycles. The van der Waals surface area contributed by atoms with Gasteiger partial charge in [0.05, 0.1) is 22.1 Å². The van der Waals surface area contributed by atoms with E-state index in [2.05, 4.69) is 47.2 Å². The zero-order valence-corrected chi connectivity index (χ0v) is 14.2. The van der Waals surface area contributed by atoms with Gasteiger partial charge in [0.25, 0.3) is 0 Å². The van der Waals surface area contributed by atoms with Gasteiger partial charge in [-0.3, -0.25) is 0 Å². The van der Waals surface area contributed by atoms with Gasteiger partial charge < -0.3 is 9.97 Å². The Hall–Kier alpha value is -2.88. The lowest BCUT2D eigenvalue weighted by Gasteiger charge is -2.27. The highest BCUT2D eigenvalue weighted by molar-refractivity contribution is 5.76. The molecule has 2 aromatic heterocycles. The molecule has 0 unspecified atom stereocenters. The lowest BCUT2D eigenvalue weighted by atomic mass is 9.79. The number of hydrogen-bond donors (Lipinski definition) is 2. The fourth-order valence-electron chi connectivity index (χ4n) is 3.95. The van der Waals surface area contributed by atoms with Crippen molar-refractivity contribution in [2.24, 2.45) is 0 Å². The summed E-state index contributed by atoms with van der Waals surface area (Å²) in [6, 6.07) is 16.5. The van der Waals surface area contributed by atoms with Crippen molar-refractivity contribution >= 4 is 22.1 Å². The Labute approximate surface area is 146 Å². The van der Waals surface area contributed by atoms with Crippen molar-refractivity contribution in [1.82, 2.24) is 19.9 Å². The second-order valence-electron chi connectivity index (χ2n) is 6.98. The summed E-state index contributed by atoms with van der Waals surface area (Å²) in [4.78, 5) is 16.8. The number of aromatic nitrogens is 4. The first kappa shape index (κ1) is 14.5. The van der Waals surface area contributed by atoms with Gasteiger partial charge in [-0.15, -0.1) is 0 Å². The van der Waals surface area contributed by atoms with Crippen LogP contribution in [-0.4, -0.2) is 19.9 Å². The van der Waals surface area contributed by atoms with E-state index < -0.39 is 0 Å². The lowest BCUT2D eigenvalue weighted by molar-refractivity contribution is 0.477. The van der Waals surface area contributed by atoms with Gasteiger partial charge in [-0.25, -0.2) is 9.97 Å². The van der Waals surface area contributed by atoms with Crippen LogP contribution in [0.2, 0.25) is 0 Å². The molecule has 2 aromatic carbocycles. The number of aromatic amines is 2. The number of H-pyrrole nitrogens is 2. The quantitative estimate of drug-likeness (QED) is 0.506. The van der Waals surface area contributed by atoms with Gasteiger partial charge in [-0.1, -0.05) is 35.9 Å². The SMILES string of the molecule is CC1=CC[C@@H](c2nc3ccccc3[nH]2)[C@@H](c2nc3ccccc3[nH]2)C1. The third kappa shape index (κ3) is 2.45. The van der Waals surface area contributed by atoms with Gasteiger partial charge in [-0.05, 0) is 44.0 Å². The number of nitrogens with zero attached hydrogens (tertiary/aromatic N) is 2. The monoisotopic (exact) mass is 328 g/mol. The number of hydrogen-bond acceptors (Lipinski definition) is 2. The van der Waals surface area contributed by atoms with Crippen molar-refractivity contribution in [2.45, 2.75) is 31.6 Å². The van der Waals surface area contributed by atoms with Crippen LogP contribution in [0.1, 0.15) is 43.3 Å². The molecule has 0 spiro atoms. The highest BCUT2D eigenvalue weighted by atomic mass is 15.0. The summed E-state index contributed by atoms with van der Waals surface area (Å²) in [7, 11) is 0. The molecule has 5 rings (SSSR count). The first-order valence-corrected chi connectivity index (χ1v) is 8.83. The molecule has 1 aliphatic rings. The second kappa shape index (κ2) is 5.59. The molecular formula is C21H20N4. The molecule has 124 valence electrons. The smallest absolute Gasteiger partial charge is 0.111 e. The fourth-order valence-corrected chi connectivity index (χ4v) is 3.95. The molecule has 2 N–H and O–H groups in total. The van der Waals surface area contributed by atoms with Gasteiger partial charge in [0, 0.05) is 11.8 Å². The van der Waals surface area contributed by atoms with Crippen LogP contribution in [0.4, 0.5) is 0 Å². The zero-order valence-electron chi connectivity index (χ0n) is 14.2. The molecule has 0 bridgehead atoms. The van der Waals surface area contributed by atoms with Crippen molar-refractivity contribution in [3.8, 4) is 0 Å². The van der Waals surface area contributed by atoms with Crippen molar-refractivity contribution in [1.29, 1.82) is 0 Å². The Bertz CT molecular complexity index is 1020. The highest BCUT2D eigenvalue weighted by Gasteiger charge is 2.31. The minimum atomic E-state index is 0.316. The summed E-state index contributed by atoms with van der Waals surface area (Å²) < 4.78 is 0. The second-order valence-corrected chi connectivity index (χ2v) is 6.98. The van der Waals surface area contributed by atoms with E-state index in [1.165, 1.54) is 5.57 Å². The maximum Gasteiger partial charge on any atom is 0.111 e. The number of rotatable bonds is 2. The average Bonchev–Trinajstić information content (AvgIpc) is 3.25. The maximum atomic E-state index is 4.88. The van der Waals surface area contributed by atoms with Crippen LogP contribution >= 0.6 is 0 Å². The highest BCUT2D eigenvalue weighted by Crippen LogP contribution is 2.42. The molecule has 1 aliphatic carbocycles. The van der Waals surface area contributed by atoms with Crippen LogP contribution in [0.3, 0.4) is 0 Å². The topological polar surface area (TPSA) is 57.4 Å². The van der Waals surface area contributed by atoms with E-state index in [9.17, 15) is 0 Å². The van der Waals surface area contributed by atoms with E-state index in [0.717, 1.165) is 46.6 Å². The largest absolute Gasteiger partial charge is 0.342 e. The van der Waals surface area contributed by atoms with Crippen LogP contribution in [0.15, 0.2) is 60.2 Å². The third-order valence-corrected chi connectivity index (χ3v) is 5.27. The number of benzene rings is 2. The number of para-hydroxylation sites is 4. The first-order chi connectivity index (χ1) is 12.3. The van der Waals surface area contributed by atoms with Crippen LogP contribution < -0.4 is 0 Å². The van der Waals surface area contributed by atoms with Gasteiger partial charge in [0.1, 0.15) is 11.6 Å². The maximum absolute atomic E-state index is 4.88. The Kier molecular flexibility index (Phi) is 3.23. The molecule has 0 radical (unpaired) electrons. The molecule has 25 heavy (non-hydrogen) atoms. The summed E-state index contributed by atoms with van der Waals surface area (Å²) in [5.41, 5.74) is 5.71. The Balaban J connectivity index is 1.60. The van der Waals surface area contributed by atoms with E-state index in [1.54, 1.807) is 0 Å². The average molecular weight is 328 g/mol. The summed E-state index contributed by atoms with van der Waals surface area (Å²) >= 11 is 0. The fraction of sp³-hybridized carbons (Fsp3) is 0.238. The molecular weight excluding hydrogens is 308 g/mol. The molecule has 0 amide bonds. The van der Waals surface area contributed by atoms with Crippen LogP contribution in [0.25, 0.3) is 22.1 Å². The standard InChI is InChI=1S/C21H20N4/c1-13-10-11-14(20-22-16-6-2-3-7-17(16)23-20)15(12-13)21-24-18-8-4-5-9-19(18)25-21/h2-10,14-15H,11-12H2,1H3,(H,22,23)(H,24,25)/t14-,15+/m1/s1. The van der Waals surface area contributed by atoms with E-state index in [4.69, 9.17) is 9.97 Å². The minimum absolute atomic E-state index is 0.316. The molecule has 0 saturated carbocycles. The van der Waals surface area contributed by atoms with Crippen molar-refractivity contribution in [3.63, 3.8) is 0 Å². The van der Waals surface area contributed by atoms with E-state index >= 15 is 0 Å². The first-order valence-electron chi connectivity index (χ1n) is 8.83. The third-order valence-electron chi connectivity index (χ3n) is 5.27. The van der Waals surface area contributed by atoms with E-state index in [-0.39, 0.29) is 0 Å². The number of nitrogens with one attached hydrogen (secondary N) is 2. The lowest BCUT2D eigenvalue weighted by Crippen LogP contribution is -2.17. The van der Waals surface area contributed by atoms with E-state index in [0.29, 0.717) is 11.8 Å². The van der Waals surface area contributed by atoms with Gasteiger partial charge in [0.15, 0.2) is 0 Å². The minimum Gasteiger partial charge on any atom is -0.342 e. The van der Waals surface area contributed by atoms with Crippen LogP contribution in [0.5, 0.6) is 0 Å². The molecule has 0 aliphatic heterocycles. The molecule has 0 fully saturated rings. The molecule has 2 atom stereocenters. The van der Waals surface area contributed by atoms with Gasteiger partial charge in [0.2, 0.25) is 0 Å². The van der Waals surface area contributed by atoms with Gasteiger partial charge >= 0.3 is 0 Å². The summed E-state index contributed by atoms with van der Waals surface area (Å²) in [6.45, 7) is 2.21. The van der Waals surface area contributed by atoms with Crippen molar-refractivity contribution < 1.29 is 0 Å². The Morgan fingerprint density at radius 2 is 1.36 bits per heavy atom. The van der Waals surface area contributed by atoms with Crippen LogP contribution in [-0.2, 0) is 0 Å². The van der Waals surface area contributed by atoms with Crippen molar-refractivity contribution in [3.05, 3.63) is 71.8 Å². The summed E-state index contributed by atoms with van der Waals surface area (Å²) in [5.74, 6) is 2.77. The molecule has 4 nitrogen and oxygen atoms in total. The number of imidazole rings is 2. The molecule has 4 aromatic rings. The zero-order chi connectivity index (χ0) is 16.8. The summed E-state index contributed by atoms with van der Waals surface area (Å²) in [6.07, 6.45) is 4.35. The predicted molar refractivity (Wildman–Crippen MR) is 101 cm³/mol. The normalized spacial score (nSPS) is 20.9. The molecule has 4 heteroatoms. The van der Waals surface area contributed by atoms with Crippen LogP contribution in [0, 0.1) is 0 Å². The van der Waals surface area contributed by atoms with Crippen molar-refractivity contribution in [2.75, 3.05) is 0 Å². The van der Waals surface area contributed by atoms with Gasteiger partial charge in [-0.2, -0.15) is 0 Å². The van der Waals surface area contributed by atoms with E-state index in [1.807, 2.05) is 24.3 Å². The number of fused-ring (bicyclic) bond motifs is 2. The number of allylic oxidation sites excluding steroid dienone is 2. The molecule has 2 heterocycles. The summed E-state index contributed by atoms with van der Waals surface area (Å²) in [5, 5.41) is 0. The Morgan fingerprint density at radius 3 is 1.96 bits per heavy atom. The predicted octanol–water partition coefficient (Wildman–Crippen LogP) is 5.05.